The monoisotopic (exact) mass is 464 g/mol. The first kappa shape index (κ1) is 21.9. The molecule has 0 radical (unpaired) electrons. The van der Waals surface area contributed by atoms with E-state index in [0.717, 1.165) is 0 Å². The zero-order valence-corrected chi connectivity index (χ0v) is 17.8. The van der Waals surface area contributed by atoms with E-state index in [9.17, 15) is 4.79 Å². The molecule has 0 bridgehead atoms. The van der Waals surface area contributed by atoms with Crippen molar-refractivity contribution in [3.8, 4) is 11.5 Å². The smallest absolute Gasteiger partial charge is 0.257 e. The maximum atomic E-state index is 12.5. The van der Waals surface area contributed by atoms with E-state index >= 15 is 0 Å². The Hall–Kier alpha value is -2.42. The highest BCUT2D eigenvalue weighted by Gasteiger charge is 2.12. The molecule has 0 aliphatic rings. The summed E-state index contributed by atoms with van der Waals surface area (Å²) in [4.78, 5) is 12.5. The molecule has 0 unspecified atom stereocenters. The number of hydrogen-bond acceptors (Lipinski definition) is 5. The predicted octanol–water partition coefficient (Wildman–Crippen LogP) is 4.17. The minimum atomic E-state index is -0.342. The molecule has 0 aromatic heterocycles. The quantitative estimate of drug-likeness (QED) is 0.329. The van der Waals surface area contributed by atoms with Gasteiger partial charge in [0.15, 0.2) is 5.11 Å². The molecule has 6 nitrogen and oxygen atoms in total. The number of benzene rings is 2. The number of nitrogens with one attached hydrogen (secondary N) is 2. The molecule has 2 aromatic carbocycles. The van der Waals surface area contributed by atoms with E-state index in [2.05, 4.69) is 33.1 Å². The van der Waals surface area contributed by atoms with Crippen molar-refractivity contribution in [1.82, 2.24) is 5.32 Å². The van der Waals surface area contributed by atoms with Crippen molar-refractivity contribution < 1.29 is 19.0 Å². The van der Waals surface area contributed by atoms with Crippen LogP contribution in [-0.4, -0.2) is 38.0 Å². The molecule has 2 rings (SSSR count). The number of rotatable bonds is 9. The van der Waals surface area contributed by atoms with Crippen LogP contribution in [0.15, 0.2) is 59.6 Å². The van der Waals surface area contributed by atoms with Crippen LogP contribution < -0.4 is 20.1 Å². The van der Waals surface area contributed by atoms with Crippen molar-refractivity contribution in [3.05, 3.63) is 65.2 Å². The highest BCUT2D eigenvalue weighted by Crippen LogP contribution is 2.26. The SMILES string of the molecule is C=CCOc1ccccc1NC(=S)NC(=O)c1ccc(OCCOC)c(Br)c1. The summed E-state index contributed by atoms with van der Waals surface area (Å²) in [5.74, 6) is 0.896. The van der Waals surface area contributed by atoms with Crippen LogP contribution in [0.1, 0.15) is 10.4 Å². The number of methoxy groups -OCH3 is 1. The number of para-hydroxylation sites is 2. The van der Waals surface area contributed by atoms with Gasteiger partial charge >= 0.3 is 0 Å². The molecular weight excluding hydrogens is 444 g/mol. The average Bonchev–Trinajstić information content (AvgIpc) is 2.68. The van der Waals surface area contributed by atoms with Gasteiger partial charge in [0, 0.05) is 12.7 Å². The van der Waals surface area contributed by atoms with Crippen LogP contribution >= 0.6 is 28.1 Å². The second-order valence-electron chi connectivity index (χ2n) is 5.49. The van der Waals surface area contributed by atoms with Gasteiger partial charge < -0.3 is 19.5 Å². The van der Waals surface area contributed by atoms with Crippen molar-refractivity contribution >= 4 is 44.9 Å². The number of thiocarbonyl (C=S) groups is 1. The van der Waals surface area contributed by atoms with Gasteiger partial charge in [-0.15, -0.1) is 0 Å². The molecule has 28 heavy (non-hydrogen) atoms. The van der Waals surface area contributed by atoms with Gasteiger partial charge in [-0.2, -0.15) is 0 Å². The van der Waals surface area contributed by atoms with E-state index in [0.29, 0.717) is 47.0 Å². The van der Waals surface area contributed by atoms with Gasteiger partial charge in [0.1, 0.15) is 24.7 Å². The largest absolute Gasteiger partial charge is 0.490 e. The summed E-state index contributed by atoms with van der Waals surface area (Å²) in [6.45, 7) is 4.89. The first-order valence-corrected chi connectivity index (χ1v) is 9.61. The fourth-order valence-corrected chi connectivity index (χ4v) is 2.86. The number of hydrogen-bond donors (Lipinski definition) is 2. The third kappa shape index (κ3) is 6.63. The fourth-order valence-electron chi connectivity index (χ4n) is 2.17. The molecule has 2 aromatic rings. The fraction of sp³-hybridized carbons (Fsp3) is 0.200. The predicted molar refractivity (Wildman–Crippen MR) is 117 cm³/mol. The van der Waals surface area contributed by atoms with E-state index in [1.807, 2.05) is 12.1 Å². The standard InChI is InChI=1S/C20H21BrN2O4S/c1-3-10-26-18-7-5-4-6-16(18)22-20(28)23-19(24)14-8-9-17(15(21)13-14)27-12-11-25-2/h3-9,13H,1,10-12H2,2H3,(H2,22,23,24,28). The molecule has 8 heteroatoms. The summed E-state index contributed by atoms with van der Waals surface area (Å²) in [6.07, 6.45) is 1.65. The molecule has 0 aliphatic carbocycles. The zero-order chi connectivity index (χ0) is 20.4. The Morgan fingerprint density at radius 1 is 1.18 bits per heavy atom. The summed E-state index contributed by atoms with van der Waals surface area (Å²) in [5.41, 5.74) is 1.09. The maximum Gasteiger partial charge on any atom is 0.257 e. The normalized spacial score (nSPS) is 10.1. The molecule has 0 saturated carbocycles. The second-order valence-corrected chi connectivity index (χ2v) is 6.75. The number of anilines is 1. The molecule has 0 aliphatic heterocycles. The van der Waals surface area contributed by atoms with E-state index in [1.165, 1.54) is 0 Å². The molecular formula is C20H21BrN2O4S. The van der Waals surface area contributed by atoms with Crippen LogP contribution in [0.5, 0.6) is 11.5 Å². The Kier molecular flexibility index (Phi) is 8.93. The first-order valence-electron chi connectivity index (χ1n) is 8.41. The summed E-state index contributed by atoms with van der Waals surface area (Å²) < 4.78 is 16.7. The summed E-state index contributed by atoms with van der Waals surface area (Å²) >= 11 is 8.65. The maximum absolute atomic E-state index is 12.5. The van der Waals surface area contributed by atoms with Crippen LogP contribution in [0.3, 0.4) is 0 Å². The Bertz CT molecular complexity index is 845. The van der Waals surface area contributed by atoms with Gasteiger partial charge in [-0.1, -0.05) is 24.8 Å². The summed E-state index contributed by atoms with van der Waals surface area (Å²) in [6, 6.07) is 12.3. The Morgan fingerprint density at radius 3 is 2.68 bits per heavy atom. The second kappa shape index (κ2) is 11.4. The Morgan fingerprint density at radius 2 is 1.96 bits per heavy atom. The van der Waals surface area contributed by atoms with E-state index < -0.39 is 0 Å². The molecule has 0 heterocycles. The summed E-state index contributed by atoms with van der Waals surface area (Å²) in [7, 11) is 1.60. The van der Waals surface area contributed by atoms with Crippen LogP contribution in [0, 0.1) is 0 Å². The van der Waals surface area contributed by atoms with Crippen LogP contribution in [0.2, 0.25) is 0 Å². The van der Waals surface area contributed by atoms with Gasteiger partial charge in [0.25, 0.3) is 5.91 Å². The van der Waals surface area contributed by atoms with E-state index in [1.54, 1.807) is 43.5 Å². The number of carbonyl (C=O) groups excluding carboxylic acids is 1. The lowest BCUT2D eigenvalue weighted by atomic mass is 10.2. The minimum Gasteiger partial charge on any atom is -0.490 e. The van der Waals surface area contributed by atoms with Crippen LogP contribution in [0.25, 0.3) is 0 Å². The lowest BCUT2D eigenvalue weighted by Crippen LogP contribution is -2.34. The van der Waals surface area contributed by atoms with Gasteiger partial charge in [-0.25, -0.2) is 0 Å². The van der Waals surface area contributed by atoms with Gasteiger partial charge in [-0.3, -0.25) is 10.1 Å². The van der Waals surface area contributed by atoms with Gasteiger partial charge in [-0.05, 0) is 58.5 Å². The topological polar surface area (TPSA) is 68.8 Å². The van der Waals surface area contributed by atoms with Crippen molar-refractivity contribution in [2.45, 2.75) is 0 Å². The molecule has 0 fully saturated rings. The third-order valence-corrected chi connectivity index (χ3v) is 4.28. The van der Waals surface area contributed by atoms with E-state index in [-0.39, 0.29) is 11.0 Å². The number of ether oxygens (including phenoxy) is 3. The third-order valence-electron chi connectivity index (χ3n) is 3.46. The number of amides is 1. The van der Waals surface area contributed by atoms with Gasteiger partial charge in [0.05, 0.1) is 16.8 Å². The molecule has 2 N–H and O–H groups in total. The van der Waals surface area contributed by atoms with Crippen molar-refractivity contribution in [1.29, 1.82) is 0 Å². The highest BCUT2D eigenvalue weighted by molar-refractivity contribution is 9.10. The molecule has 148 valence electrons. The Balaban J connectivity index is 1.98. The lowest BCUT2D eigenvalue weighted by molar-refractivity contribution is 0.0977. The Labute approximate surface area is 178 Å². The molecule has 0 spiro atoms. The lowest BCUT2D eigenvalue weighted by Gasteiger charge is -2.14. The van der Waals surface area contributed by atoms with Crippen LogP contribution in [0.4, 0.5) is 5.69 Å². The van der Waals surface area contributed by atoms with Gasteiger partial charge in [0.2, 0.25) is 0 Å². The first-order chi connectivity index (χ1) is 13.5. The number of carbonyl (C=O) groups is 1. The average molecular weight is 465 g/mol. The number of halogens is 1. The highest BCUT2D eigenvalue weighted by atomic mass is 79.9. The molecule has 0 atom stereocenters. The van der Waals surface area contributed by atoms with Crippen molar-refractivity contribution in [2.75, 3.05) is 32.2 Å². The van der Waals surface area contributed by atoms with Crippen molar-refractivity contribution in [2.24, 2.45) is 0 Å². The minimum absolute atomic E-state index is 0.163. The molecule has 1 amide bonds. The van der Waals surface area contributed by atoms with Crippen molar-refractivity contribution in [3.63, 3.8) is 0 Å². The van der Waals surface area contributed by atoms with E-state index in [4.69, 9.17) is 26.4 Å². The summed E-state index contributed by atoms with van der Waals surface area (Å²) in [5, 5.41) is 5.78. The molecule has 0 saturated heterocycles. The van der Waals surface area contributed by atoms with Crippen LogP contribution in [-0.2, 0) is 4.74 Å². The zero-order valence-electron chi connectivity index (χ0n) is 15.4.